The summed E-state index contributed by atoms with van der Waals surface area (Å²) in [6.45, 7) is 4.89. The summed E-state index contributed by atoms with van der Waals surface area (Å²) < 4.78 is 4.81. The van der Waals surface area contributed by atoms with Crippen LogP contribution in [0.2, 0.25) is 0 Å². The second-order valence-corrected chi connectivity index (χ2v) is 5.20. The summed E-state index contributed by atoms with van der Waals surface area (Å²) in [5.41, 5.74) is 0. The van der Waals surface area contributed by atoms with Gasteiger partial charge in [-0.1, -0.05) is 13.3 Å². The molecule has 2 N–H and O–H groups in total. The van der Waals surface area contributed by atoms with Crippen LogP contribution in [0, 0.1) is 5.92 Å². The van der Waals surface area contributed by atoms with E-state index in [0.717, 1.165) is 5.92 Å². The molecule has 0 aromatic rings. The zero-order chi connectivity index (χ0) is 13.4. The Morgan fingerprint density at radius 1 is 1.33 bits per heavy atom. The van der Waals surface area contributed by atoms with Crippen molar-refractivity contribution in [3.8, 4) is 0 Å². The highest BCUT2D eigenvalue weighted by Gasteiger charge is 2.20. The molecular formula is C14H27NO3. The third kappa shape index (κ3) is 5.83. The Morgan fingerprint density at radius 3 is 2.56 bits per heavy atom. The van der Waals surface area contributed by atoms with Crippen LogP contribution in [0.4, 0.5) is 0 Å². The molecule has 1 rings (SSSR count). The van der Waals surface area contributed by atoms with Crippen molar-refractivity contribution in [2.24, 2.45) is 5.92 Å². The molecule has 0 saturated heterocycles. The van der Waals surface area contributed by atoms with E-state index in [0.29, 0.717) is 19.2 Å². The Labute approximate surface area is 110 Å². The Morgan fingerprint density at radius 2 is 2.00 bits per heavy atom. The molecule has 1 aliphatic carbocycles. The molecule has 0 spiro atoms. The lowest BCUT2D eigenvalue weighted by atomic mass is 9.84. The third-order valence-electron chi connectivity index (χ3n) is 3.77. The molecule has 1 atom stereocenters. The lowest BCUT2D eigenvalue weighted by Crippen LogP contribution is -2.38. The monoisotopic (exact) mass is 257 g/mol. The molecule has 0 aromatic carbocycles. The van der Waals surface area contributed by atoms with E-state index < -0.39 is 6.10 Å². The van der Waals surface area contributed by atoms with Gasteiger partial charge in [0.05, 0.1) is 19.1 Å². The molecule has 1 saturated carbocycles. The third-order valence-corrected chi connectivity index (χ3v) is 3.77. The Bertz CT molecular complexity index is 237. The number of ether oxygens (including phenoxy) is 1. The molecule has 0 aromatic heterocycles. The number of hydrogen-bond acceptors (Lipinski definition) is 4. The van der Waals surface area contributed by atoms with Crippen molar-refractivity contribution in [1.82, 2.24) is 5.32 Å². The van der Waals surface area contributed by atoms with Gasteiger partial charge in [-0.15, -0.1) is 0 Å². The standard InChI is InChI=1S/C14H27NO3/c1-3-11-5-7-12(8-6-11)15-10-13(16)9-14(17)18-4-2/h11-13,15-16H,3-10H2,1-2H3. The molecule has 0 radical (unpaired) electrons. The maximum atomic E-state index is 11.2. The highest BCUT2D eigenvalue weighted by Crippen LogP contribution is 2.26. The minimum absolute atomic E-state index is 0.0884. The molecule has 4 heteroatoms. The average Bonchev–Trinajstić information content (AvgIpc) is 2.37. The van der Waals surface area contributed by atoms with Crippen molar-refractivity contribution in [3.05, 3.63) is 0 Å². The number of carbonyl (C=O) groups is 1. The molecule has 0 amide bonds. The van der Waals surface area contributed by atoms with Crippen LogP contribution >= 0.6 is 0 Å². The number of rotatable bonds is 7. The molecule has 0 heterocycles. The SMILES string of the molecule is CCOC(=O)CC(O)CNC1CCC(CC)CC1. The Kier molecular flexibility index (Phi) is 7.28. The van der Waals surface area contributed by atoms with Crippen molar-refractivity contribution < 1.29 is 14.6 Å². The second kappa shape index (κ2) is 8.48. The van der Waals surface area contributed by atoms with Crippen LogP contribution < -0.4 is 5.32 Å². The van der Waals surface area contributed by atoms with Gasteiger partial charge in [0.25, 0.3) is 0 Å². The summed E-state index contributed by atoms with van der Waals surface area (Å²) in [5, 5.41) is 13.1. The molecule has 1 unspecified atom stereocenters. The van der Waals surface area contributed by atoms with Gasteiger partial charge in [-0.25, -0.2) is 0 Å². The van der Waals surface area contributed by atoms with Crippen LogP contribution in [-0.4, -0.2) is 36.4 Å². The van der Waals surface area contributed by atoms with Gasteiger partial charge in [0.2, 0.25) is 0 Å². The van der Waals surface area contributed by atoms with Gasteiger partial charge in [0.15, 0.2) is 0 Å². The summed E-state index contributed by atoms with van der Waals surface area (Å²) in [7, 11) is 0. The number of hydrogen-bond donors (Lipinski definition) is 2. The van der Waals surface area contributed by atoms with E-state index in [2.05, 4.69) is 12.2 Å². The van der Waals surface area contributed by atoms with Gasteiger partial charge in [-0.05, 0) is 38.5 Å². The quantitative estimate of drug-likeness (QED) is 0.683. The number of carbonyl (C=O) groups excluding carboxylic acids is 1. The van der Waals surface area contributed by atoms with Gasteiger partial charge >= 0.3 is 5.97 Å². The fourth-order valence-corrected chi connectivity index (χ4v) is 2.56. The number of aliphatic hydroxyl groups is 1. The summed E-state index contributed by atoms with van der Waals surface area (Å²) >= 11 is 0. The van der Waals surface area contributed by atoms with Crippen LogP contribution in [0.1, 0.15) is 52.4 Å². The topological polar surface area (TPSA) is 58.6 Å². The van der Waals surface area contributed by atoms with Crippen LogP contribution in [0.5, 0.6) is 0 Å². The number of nitrogens with one attached hydrogen (secondary N) is 1. The zero-order valence-electron chi connectivity index (χ0n) is 11.7. The predicted octanol–water partition coefficient (Wildman–Crippen LogP) is 1.86. The van der Waals surface area contributed by atoms with Gasteiger partial charge in [0.1, 0.15) is 0 Å². The molecule has 0 aliphatic heterocycles. The Hall–Kier alpha value is -0.610. The summed E-state index contributed by atoms with van der Waals surface area (Å²) in [4.78, 5) is 11.2. The molecule has 1 aliphatic rings. The zero-order valence-corrected chi connectivity index (χ0v) is 11.7. The van der Waals surface area contributed by atoms with Crippen molar-refractivity contribution >= 4 is 5.97 Å². The van der Waals surface area contributed by atoms with E-state index in [1.807, 2.05) is 0 Å². The van der Waals surface area contributed by atoms with E-state index in [1.165, 1.54) is 32.1 Å². The largest absolute Gasteiger partial charge is 0.466 e. The van der Waals surface area contributed by atoms with Gasteiger partial charge in [0, 0.05) is 12.6 Å². The van der Waals surface area contributed by atoms with Crippen molar-refractivity contribution in [1.29, 1.82) is 0 Å². The van der Waals surface area contributed by atoms with E-state index in [4.69, 9.17) is 4.74 Å². The summed E-state index contributed by atoms with van der Waals surface area (Å²) in [6, 6.07) is 0.504. The fourth-order valence-electron chi connectivity index (χ4n) is 2.56. The maximum absolute atomic E-state index is 11.2. The number of esters is 1. The molecular weight excluding hydrogens is 230 g/mol. The van der Waals surface area contributed by atoms with E-state index in [9.17, 15) is 9.90 Å². The van der Waals surface area contributed by atoms with Crippen molar-refractivity contribution in [3.63, 3.8) is 0 Å². The first-order valence-electron chi connectivity index (χ1n) is 7.22. The fraction of sp³-hybridized carbons (Fsp3) is 0.929. The average molecular weight is 257 g/mol. The number of aliphatic hydroxyl groups excluding tert-OH is 1. The first-order valence-corrected chi connectivity index (χ1v) is 7.22. The summed E-state index contributed by atoms with van der Waals surface area (Å²) in [6.07, 6.45) is 5.66. The summed E-state index contributed by atoms with van der Waals surface area (Å²) in [5.74, 6) is 0.564. The Balaban J connectivity index is 2.11. The van der Waals surface area contributed by atoms with Crippen LogP contribution in [0.15, 0.2) is 0 Å². The smallest absolute Gasteiger partial charge is 0.308 e. The second-order valence-electron chi connectivity index (χ2n) is 5.20. The normalized spacial score (nSPS) is 25.7. The first kappa shape index (κ1) is 15.4. The van der Waals surface area contributed by atoms with E-state index in [-0.39, 0.29) is 12.4 Å². The van der Waals surface area contributed by atoms with Crippen LogP contribution in [0.3, 0.4) is 0 Å². The first-order chi connectivity index (χ1) is 8.65. The highest BCUT2D eigenvalue weighted by atomic mass is 16.5. The van der Waals surface area contributed by atoms with E-state index >= 15 is 0 Å². The molecule has 0 bridgehead atoms. The predicted molar refractivity (Wildman–Crippen MR) is 71.3 cm³/mol. The van der Waals surface area contributed by atoms with Crippen molar-refractivity contribution in [2.45, 2.75) is 64.5 Å². The highest BCUT2D eigenvalue weighted by molar-refractivity contribution is 5.69. The molecule has 106 valence electrons. The van der Waals surface area contributed by atoms with Gasteiger partial charge in [-0.2, -0.15) is 0 Å². The molecule has 4 nitrogen and oxygen atoms in total. The van der Waals surface area contributed by atoms with Crippen LogP contribution in [-0.2, 0) is 9.53 Å². The van der Waals surface area contributed by atoms with Gasteiger partial charge < -0.3 is 15.2 Å². The van der Waals surface area contributed by atoms with E-state index in [1.54, 1.807) is 6.92 Å². The lowest BCUT2D eigenvalue weighted by Gasteiger charge is -2.29. The lowest BCUT2D eigenvalue weighted by molar-refractivity contribution is -0.145. The molecule has 18 heavy (non-hydrogen) atoms. The van der Waals surface area contributed by atoms with Gasteiger partial charge in [-0.3, -0.25) is 4.79 Å². The molecule has 1 fully saturated rings. The van der Waals surface area contributed by atoms with Crippen LogP contribution in [0.25, 0.3) is 0 Å². The maximum Gasteiger partial charge on any atom is 0.308 e. The van der Waals surface area contributed by atoms with Crippen molar-refractivity contribution in [2.75, 3.05) is 13.2 Å². The minimum atomic E-state index is -0.632. The minimum Gasteiger partial charge on any atom is -0.466 e.